The van der Waals surface area contributed by atoms with Crippen LogP contribution in [-0.4, -0.2) is 51.3 Å². The maximum absolute atomic E-state index is 13.9. The lowest BCUT2D eigenvalue weighted by Crippen LogP contribution is -2.58. The van der Waals surface area contributed by atoms with E-state index in [1.54, 1.807) is 26.1 Å². The molecule has 4 rings (SSSR count). The first-order valence-electron chi connectivity index (χ1n) is 11.3. The number of aromatic nitrogens is 2. The van der Waals surface area contributed by atoms with Crippen LogP contribution < -0.4 is 10.5 Å². The zero-order valence-corrected chi connectivity index (χ0v) is 19.7. The minimum atomic E-state index is -1.50. The zero-order valence-electron chi connectivity index (χ0n) is 19.7. The Bertz CT molecular complexity index is 1350. The number of fused-ring (bicyclic) bond motifs is 1. The van der Waals surface area contributed by atoms with Crippen LogP contribution >= 0.6 is 0 Å². The van der Waals surface area contributed by atoms with Crippen molar-refractivity contribution < 1.29 is 18.3 Å². The Labute approximate surface area is 200 Å². The zero-order chi connectivity index (χ0) is 25.4. The fraction of sp³-hybridized carbons (Fsp3) is 0.400. The summed E-state index contributed by atoms with van der Waals surface area (Å²) >= 11 is 0. The molecule has 0 saturated carbocycles. The molecule has 1 aliphatic heterocycles. The first-order valence-corrected chi connectivity index (χ1v) is 11.3. The summed E-state index contributed by atoms with van der Waals surface area (Å²) < 4.78 is 42.8. The van der Waals surface area contributed by atoms with Crippen molar-refractivity contribution in [1.82, 2.24) is 14.5 Å². The molecule has 35 heavy (non-hydrogen) atoms. The minimum Gasteiger partial charge on any atom is -0.396 e. The average Bonchev–Trinajstić information content (AvgIpc) is 2.84. The maximum Gasteiger partial charge on any atom is 0.270 e. The smallest absolute Gasteiger partial charge is 0.270 e. The summed E-state index contributed by atoms with van der Waals surface area (Å²) in [5, 5.41) is 9.74. The molecule has 0 spiro atoms. The quantitative estimate of drug-likeness (QED) is 0.438. The molecule has 1 aromatic carbocycles. The lowest BCUT2D eigenvalue weighted by molar-refractivity contribution is 0.0883. The number of hydrogen-bond donors (Lipinski definition) is 1. The predicted octanol–water partition coefficient (Wildman–Crippen LogP) is 3.92. The van der Waals surface area contributed by atoms with Gasteiger partial charge >= 0.3 is 0 Å². The highest BCUT2D eigenvalue weighted by molar-refractivity contribution is 5.89. The molecule has 0 amide bonds. The summed E-state index contributed by atoms with van der Waals surface area (Å²) in [7, 11) is 1.65. The molecule has 3 heterocycles. The molecule has 3 aromatic rings. The van der Waals surface area contributed by atoms with Crippen molar-refractivity contribution in [3.8, 4) is 0 Å². The highest BCUT2D eigenvalue weighted by atomic mass is 19.2. The Morgan fingerprint density at radius 2 is 1.89 bits per heavy atom. The van der Waals surface area contributed by atoms with Gasteiger partial charge in [-0.1, -0.05) is 6.57 Å². The van der Waals surface area contributed by atoms with Crippen molar-refractivity contribution in [1.29, 1.82) is 0 Å². The number of hydrogen-bond acceptors (Lipinski definition) is 5. The van der Waals surface area contributed by atoms with Crippen LogP contribution in [0.25, 0.3) is 15.9 Å². The van der Waals surface area contributed by atoms with Crippen LogP contribution in [0.3, 0.4) is 0 Å². The molecule has 3 atom stereocenters. The number of benzene rings is 1. The van der Waals surface area contributed by atoms with Gasteiger partial charge in [0.15, 0.2) is 17.5 Å². The number of nitrogens with zero attached hydrogens (tertiary/aromatic N) is 5. The topological polar surface area (TPSA) is 66.0 Å². The van der Waals surface area contributed by atoms with Crippen LogP contribution in [0.5, 0.6) is 0 Å². The van der Waals surface area contributed by atoms with Gasteiger partial charge in [-0.25, -0.2) is 13.2 Å². The Morgan fingerprint density at radius 1 is 1.20 bits per heavy atom. The van der Waals surface area contributed by atoms with Gasteiger partial charge in [-0.2, -0.15) is 0 Å². The van der Waals surface area contributed by atoms with Crippen LogP contribution in [0.15, 0.2) is 35.1 Å². The van der Waals surface area contributed by atoms with E-state index in [-0.39, 0.29) is 30.1 Å². The number of aliphatic hydroxyl groups excluding tert-OH is 1. The average molecular weight is 486 g/mol. The lowest BCUT2D eigenvalue weighted by Gasteiger charge is -2.48. The summed E-state index contributed by atoms with van der Waals surface area (Å²) in [6, 6.07) is 5.94. The fourth-order valence-corrected chi connectivity index (χ4v) is 4.87. The molecule has 1 saturated heterocycles. The van der Waals surface area contributed by atoms with Crippen molar-refractivity contribution in [2.75, 3.05) is 24.6 Å². The second-order valence-electron chi connectivity index (χ2n) is 8.91. The second kappa shape index (κ2) is 9.68. The largest absolute Gasteiger partial charge is 0.396 e. The third kappa shape index (κ3) is 4.49. The van der Waals surface area contributed by atoms with Crippen molar-refractivity contribution in [2.24, 2.45) is 7.05 Å². The van der Waals surface area contributed by atoms with Gasteiger partial charge in [-0.15, -0.1) is 4.98 Å². The first kappa shape index (κ1) is 24.7. The number of aliphatic hydroxyl groups is 1. The van der Waals surface area contributed by atoms with Crippen LogP contribution in [0, 0.1) is 24.0 Å². The van der Waals surface area contributed by atoms with Gasteiger partial charge < -0.3 is 19.4 Å². The fourth-order valence-electron chi connectivity index (χ4n) is 4.87. The van der Waals surface area contributed by atoms with E-state index in [1.807, 2.05) is 16.7 Å². The summed E-state index contributed by atoms with van der Waals surface area (Å²) in [4.78, 5) is 24.7. The van der Waals surface area contributed by atoms with E-state index in [0.29, 0.717) is 41.8 Å². The molecule has 7 nitrogen and oxygen atoms in total. The number of pyridine rings is 2. The third-order valence-electron chi connectivity index (χ3n) is 6.81. The summed E-state index contributed by atoms with van der Waals surface area (Å²) in [5.41, 5.74) is 1.80. The lowest BCUT2D eigenvalue weighted by atomic mass is 9.97. The maximum atomic E-state index is 13.9. The normalized spacial score (nSPS) is 19.7. The summed E-state index contributed by atoms with van der Waals surface area (Å²) in [6.07, 6.45) is 0.378. The number of aryl methyl sites for hydroxylation is 1. The van der Waals surface area contributed by atoms with Crippen molar-refractivity contribution >= 4 is 22.5 Å². The second-order valence-corrected chi connectivity index (χ2v) is 8.91. The van der Waals surface area contributed by atoms with Gasteiger partial charge in [0.2, 0.25) is 5.52 Å². The van der Waals surface area contributed by atoms with Crippen molar-refractivity contribution in [3.63, 3.8) is 0 Å². The highest BCUT2D eigenvalue weighted by Crippen LogP contribution is 2.34. The van der Waals surface area contributed by atoms with Crippen molar-refractivity contribution in [3.05, 3.63) is 75.1 Å². The number of piperazine rings is 1. The van der Waals surface area contributed by atoms with Crippen LogP contribution in [0.1, 0.15) is 31.9 Å². The molecule has 1 fully saturated rings. The molecule has 0 aliphatic carbocycles. The van der Waals surface area contributed by atoms with Crippen LogP contribution in [-0.2, 0) is 7.05 Å². The van der Waals surface area contributed by atoms with Gasteiger partial charge in [0.25, 0.3) is 11.4 Å². The van der Waals surface area contributed by atoms with Crippen molar-refractivity contribution in [2.45, 2.75) is 38.4 Å². The van der Waals surface area contributed by atoms with E-state index < -0.39 is 23.5 Å². The van der Waals surface area contributed by atoms with Gasteiger partial charge in [0.05, 0.1) is 11.2 Å². The first-order chi connectivity index (χ1) is 16.7. The molecule has 1 N–H and O–H groups in total. The molecule has 184 valence electrons. The molecule has 1 aliphatic rings. The molecular weight excluding hydrogens is 459 g/mol. The van der Waals surface area contributed by atoms with Gasteiger partial charge in [0, 0.05) is 50.9 Å². The van der Waals surface area contributed by atoms with E-state index in [4.69, 9.17) is 6.57 Å². The van der Waals surface area contributed by atoms with Gasteiger partial charge in [-0.05, 0) is 50.1 Å². The SMILES string of the molecule is [C-]#[N+]c1ccc2c(n1)c(N1C[C@@H](CCO)N(C(C)c3cc(F)c(F)c(F)c3)C[C@@H]1C)cc(=O)n2C. The Kier molecular flexibility index (Phi) is 6.83. The van der Waals surface area contributed by atoms with Crippen LogP contribution in [0.2, 0.25) is 0 Å². The molecule has 2 aromatic heterocycles. The molecule has 0 radical (unpaired) electrons. The van der Waals surface area contributed by atoms with E-state index in [0.717, 1.165) is 12.1 Å². The Morgan fingerprint density at radius 3 is 2.51 bits per heavy atom. The van der Waals surface area contributed by atoms with Crippen LogP contribution in [0.4, 0.5) is 24.7 Å². The standard InChI is InChI=1S/C25H26F3N5O2/c1-14-12-33(15(2)16-9-18(26)24(28)19(27)10-16)17(7-8-34)13-32(14)21-11-23(35)31(4)20-5-6-22(29-3)30-25(20)21/h5-6,9-11,14-15,17,34H,7-8,12-13H2,1-2,4H3/t14-,15?,17+/m0/s1. The minimum absolute atomic E-state index is 0.111. The van der Waals surface area contributed by atoms with Gasteiger partial charge in [-0.3, -0.25) is 9.69 Å². The van der Waals surface area contributed by atoms with Gasteiger partial charge in [0.1, 0.15) is 0 Å². The number of halogens is 3. The molecular formula is C25H26F3N5O2. The number of rotatable bonds is 5. The van der Waals surface area contributed by atoms with E-state index >= 15 is 0 Å². The molecule has 0 bridgehead atoms. The third-order valence-corrected chi connectivity index (χ3v) is 6.81. The number of anilines is 1. The predicted molar refractivity (Wildman–Crippen MR) is 127 cm³/mol. The monoisotopic (exact) mass is 485 g/mol. The van der Waals surface area contributed by atoms with E-state index in [1.165, 1.54) is 10.6 Å². The highest BCUT2D eigenvalue weighted by Gasteiger charge is 2.36. The summed E-state index contributed by atoms with van der Waals surface area (Å²) in [5.74, 6) is -3.78. The Hall–Kier alpha value is -3.42. The summed E-state index contributed by atoms with van der Waals surface area (Å²) in [6.45, 7) is 11.8. The molecule has 10 heteroatoms. The van der Waals surface area contributed by atoms with E-state index in [2.05, 4.69) is 9.83 Å². The van der Waals surface area contributed by atoms with E-state index in [9.17, 15) is 23.1 Å². The Balaban J connectivity index is 1.74. The molecule has 1 unspecified atom stereocenters.